The van der Waals surface area contributed by atoms with Gasteiger partial charge in [-0.2, -0.15) is 8.42 Å². The Labute approximate surface area is 150 Å². The number of hydrogen-bond donors (Lipinski definition) is 2. The van der Waals surface area contributed by atoms with Crippen LogP contribution in [0.2, 0.25) is 0 Å². The van der Waals surface area contributed by atoms with Gasteiger partial charge in [-0.3, -0.25) is 4.55 Å². The molecule has 5 heteroatoms. The van der Waals surface area contributed by atoms with Crippen LogP contribution >= 0.6 is 0 Å². The highest BCUT2D eigenvalue weighted by Gasteiger charge is 2.21. The second-order valence-corrected chi connectivity index (χ2v) is 8.73. The summed E-state index contributed by atoms with van der Waals surface area (Å²) in [6, 6.07) is 0. The zero-order valence-corrected chi connectivity index (χ0v) is 16.5. The lowest BCUT2D eigenvalue weighted by Crippen LogP contribution is -2.20. The van der Waals surface area contributed by atoms with Gasteiger partial charge in [-0.15, -0.1) is 0 Å². The predicted octanol–water partition coefficient (Wildman–Crippen LogP) is 5.50. The van der Waals surface area contributed by atoms with Gasteiger partial charge in [-0.05, 0) is 19.3 Å². The quantitative estimate of drug-likeness (QED) is 0.249. The highest BCUT2D eigenvalue weighted by Crippen LogP contribution is 2.19. The minimum Gasteiger partial charge on any atom is -0.396 e. The van der Waals surface area contributed by atoms with Crippen LogP contribution in [0.5, 0.6) is 0 Å². The van der Waals surface area contributed by atoms with Crippen molar-refractivity contribution >= 4 is 10.1 Å². The van der Waals surface area contributed by atoms with Gasteiger partial charge in [0.15, 0.2) is 0 Å². The molecule has 146 valence electrons. The van der Waals surface area contributed by atoms with Gasteiger partial charge in [-0.25, -0.2) is 0 Å². The lowest BCUT2D eigenvalue weighted by Gasteiger charge is -2.13. The highest BCUT2D eigenvalue weighted by molar-refractivity contribution is 7.86. The normalized spacial score (nSPS) is 13.3. The van der Waals surface area contributed by atoms with Crippen molar-refractivity contribution in [1.29, 1.82) is 0 Å². The van der Waals surface area contributed by atoms with Gasteiger partial charge < -0.3 is 5.11 Å². The third-order valence-electron chi connectivity index (χ3n) is 4.74. The Morgan fingerprint density at radius 1 is 0.667 bits per heavy atom. The van der Waals surface area contributed by atoms with E-state index in [0.29, 0.717) is 12.8 Å². The Balaban J connectivity index is 3.72. The molecule has 0 aliphatic carbocycles. The first-order chi connectivity index (χ1) is 11.5. The summed E-state index contributed by atoms with van der Waals surface area (Å²) in [5.41, 5.74) is 0. The molecule has 4 nitrogen and oxygen atoms in total. The first-order valence-corrected chi connectivity index (χ1v) is 11.6. The van der Waals surface area contributed by atoms with Crippen LogP contribution in [-0.2, 0) is 10.1 Å². The fourth-order valence-corrected chi connectivity index (χ4v) is 4.07. The second kappa shape index (κ2) is 16.3. The average Bonchev–Trinajstić information content (AvgIpc) is 2.53. The van der Waals surface area contributed by atoms with E-state index in [1.807, 2.05) is 0 Å². The Morgan fingerprint density at radius 3 is 1.42 bits per heavy atom. The standard InChI is InChI=1S/C19H40O4S/c1-2-3-4-5-6-7-10-13-16-19(24(21,22)23)17-14-11-8-9-12-15-18-20/h19-20H,2-18H2,1H3,(H,21,22,23). The molecule has 0 aromatic carbocycles. The van der Waals surface area contributed by atoms with E-state index in [-0.39, 0.29) is 6.61 Å². The van der Waals surface area contributed by atoms with E-state index in [1.165, 1.54) is 38.5 Å². The predicted molar refractivity (Wildman–Crippen MR) is 102 cm³/mol. The van der Waals surface area contributed by atoms with Crippen molar-refractivity contribution in [3.05, 3.63) is 0 Å². The summed E-state index contributed by atoms with van der Waals surface area (Å²) in [5, 5.41) is 8.14. The number of hydrogen-bond acceptors (Lipinski definition) is 3. The van der Waals surface area contributed by atoms with Crippen molar-refractivity contribution in [3.63, 3.8) is 0 Å². The molecule has 0 bridgehead atoms. The van der Waals surface area contributed by atoms with Crippen molar-refractivity contribution in [3.8, 4) is 0 Å². The monoisotopic (exact) mass is 364 g/mol. The molecule has 0 aromatic rings. The number of aliphatic hydroxyl groups excluding tert-OH is 1. The molecule has 24 heavy (non-hydrogen) atoms. The topological polar surface area (TPSA) is 74.6 Å². The molecule has 0 rings (SSSR count). The van der Waals surface area contributed by atoms with Crippen LogP contribution in [0.4, 0.5) is 0 Å². The highest BCUT2D eigenvalue weighted by atomic mass is 32.2. The summed E-state index contributed by atoms with van der Waals surface area (Å²) >= 11 is 0. The lowest BCUT2D eigenvalue weighted by molar-refractivity contribution is 0.282. The van der Waals surface area contributed by atoms with Crippen LogP contribution in [0.1, 0.15) is 110 Å². The van der Waals surface area contributed by atoms with Gasteiger partial charge in [0, 0.05) is 6.61 Å². The summed E-state index contributed by atoms with van der Waals surface area (Å²) in [4.78, 5) is 0. The summed E-state index contributed by atoms with van der Waals surface area (Å²) in [5.74, 6) is 0. The molecule has 0 heterocycles. The molecule has 0 aromatic heterocycles. The fourth-order valence-electron chi connectivity index (χ4n) is 3.14. The second-order valence-electron chi connectivity index (χ2n) is 7.03. The maximum Gasteiger partial charge on any atom is 0.267 e. The van der Waals surface area contributed by atoms with E-state index < -0.39 is 15.4 Å². The van der Waals surface area contributed by atoms with Gasteiger partial charge in [0.25, 0.3) is 10.1 Å². The third kappa shape index (κ3) is 15.4. The van der Waals surface area contributed by atoms with Crippen molar-refractivity contribution < 1.29 is 18.1 Å². The largest absolute Gasteiger partial charge is 0.396 e. The molecule has 0 aliphatic heterocycles. The Kier molecular flexibility index (Phi) is 16.3. The minimum absolute atomic E-state index is 0.253. The first kappa shape index (κ1) is 23.9. The molecule has 2 N–H and O–H groups in total. The molecular formula is C19H40O4S. The van der Waals surface area contributed by atoms with Gasteiger partial charge in [0.1, 0.15) is 0 Å². The molecule has 0 saturated carbocycles. The molecule has 0 radical (unpaired) electrons. The van der Waals surface area contributed by atoms with Crippen LogP contribution in [0, 0.1) is 0 Å². The molecule has 1 atom stereocenters. The first-order valence-electron chi connectivity index (χ1n) is 10.1. The van der Waals surface area contributed by atoms with E-state index in [0.717, 1.165) is 51.4 Å². The summed E-state index contributed by atoms with van der Waals surface area (Å²) in [6.07, 6.45) is 16.7. The van der Waals surface area contributed by atoms with Crippen molar-refractivity contribution in [1.82, 2.24) is 0 Å². The van der Waals surface area contributed by atoms with E-state index >= 15 is 0 Å². The zero-order valence-electron chi connectivity index (χ0n) is 15.7. The van der Waals surface area contributed by atoms with E-state index in [1.54, 1.807) is 0 Å². The molecule has 0 spiro atoms. The maximum absolute atomic E-state index is 11.5. The minimum atomic E-state index is -3.90. The SMILES string of the molecule is CCCCCCCCCCC(CCCCCCCCO)S(=O)(=O)O. The van der Waals surface area contributed by atoms with Crippen molar-refractivity contribution in [2.75, 3.05) is 6.61 Å². The molecule has 0 saturated heterocycles. The molecule has 0 fully saturated rings. The van der Waals surface area contributed by atoms with Gasteiger partial charge >= 0.3 is 0 Å². The van der Waals surface area contributed by atoms with Crippen LogP contribution in [0.25, 0.3) is 0 Å². The molecule has 0 aliphatic rings. The maximum atomic E-state index is 11.5. The third-order valence-corrected chi connectivity index (χ3v) is 6.05. The summed E-state index contributed by atoms with van der Waals surface area (Å²) < 4.78 is 32.4. The molecule has 1 unspecified atom stereocenters. The van der Waals surface area contributed by atoms with Crippen molar-refractivity contribution in [2.45, 2.75) is 115 Å². The van der Waals surface area contributed by atoms with Crippen LogP contribution in [0.15, 0.2) is 0 Å². The number of unbranched alkanes of at least 4 members (excludes halogenated alkanes) is 12. The van der Waals surface area contributed by atoms with Crippen LogP contribution < -0.4 is 0 Å². The zero-order chi connectivity index (χ0) is 18.1. The van der Waals surface area contributed by atoms with Crippen LogP contribution in [0.3, 0.4) is 0 Å². The van der Waals surface area contributed by atoms with E-state index in [4.69, 9.17) is 5.11 Å². The Hall–Kier alpha value is -0.130. The Bertz CT molecular complexity index is 354. The summed E-state index contributed by atoms with van der Waals surface area (Å²) in [7, 11) is -3.90. The molecular weight excluding hydrogens is 324 g/mol. The summed E-state index contributed by atoms with van der Waals surface area (Å²) in [6.45, 7) is 2.47. The average molecular weight is 365 g/mol. The van der Waals surface area contributed by atoms with Gasteiger partial charge in [0.2, 0.25) is 0 Å². The van der Waals surface area contributed by atoms with Gasteiger partial charge in [0.05, 0.1) is 5.25 Å². The Morgan fingerprint density at radius 2 is 1.04 bits per heavy atom. The van der Waals surface area contributed by atoms with Crippen molar-refractivity contribution in [2.24, 2.45) is 0 Å². The van der Waals surface area contributed by atoms with Gasteiger partial charge in [-0.1, -0.05) is 90.4 Å². The number of rotatable bonds is 18. The fraction of sp³-hybridized carbons (Fsp3) is 1.00. The number of aliphatic hydroxyl groups is 1. The molecule has 0 amide bonds. The van der Waals surface area contributed by atoms with E-state index in [9.17, 15) is 13.0 Å². The smallest absolute Gasteiger partial charge is 0.267 e. The lowest BCUT2D eigenvalue weighted by atomic mass is 10.0. The van der Waals surface area contributed by atoms with Crippen LogP contribution in [-0.4, -0.2) is 29.9 Å². The van der Waals surface area contributed by atoms with E-state index in [2.05, 4.69) is 6.92 Å².